The largest absolute Gasteiger partial charge is 0.695 e. The first-order chi connectivity index (χ1) is 26.7. The Kier molecular flexibility index (Phi) is 19.5. The fraction of sp³-hybridized carbons (Fsp3) is 0.724. The molecule has 0 spiro atoms. The summed E-state index contributed by atoms with van der Waals surface area (Å²) in [6, 6.07) is 0. The number of aliphatic hydroxyl groups is 2. The number of fused-ring (bicyclic) bond motifs is 1. The van der Waals surface area contributed by atoms with Gasteiger partial charge in [-0.15, -0.1) is 9.42 Å². The van der Waals surface area contributed by atoms with Crippen LogP contribution < -0.4 is 16.4 Å². The van der Waals surface area contributed by atoms with Gasteiger partial charge in [-0.1, -0.05) is 74.1 Å². The van der Waals surface area contributed by atoms with Crippen molar-refractivity contribution < 1.29 is 75.6 Å². The van der Waals surface area contributed by atoms with Crippen molar-refractivity contribution in [3.05, 3.63) is 12.7 Å². The summed E-state index contributed by atoms with van der Waals surface area (Å²) in [6.45, 7) is 2.82. The molecule has 1 aliphatic rings. The monoisotopic (exact) mass is 954 g/mol. The number of imidazole rings is 1. The number of alkyl halides is 1. The number of carbonyl (C=O) groups excluding carboxylic acids is 3. The van der Waals surface area contributed by atoms with Crippen molar-refractivity contribution in [3.8, 4) is 0 Å². The van der Waals surface area contributed by atoms with E-state index in [2.05, 4.69) is 52.7 Å². The summed E-state index contributed by atoms with van der Waals surface area (Å²) < 4.78 is 62.4. The Morgan fingerprint density at radius 1 is 1.12 bits per heavy atom. The van der Waals surface area contributed by atoms with Crippen LogP contribution in [0.3, 0.4) is 0 Å². The lowest BCUT2D eigenvalue weighted by Crippen LogP contribution is -2.46. The molecule has 2 aromatic heterocycles. The second kappa shape index (κ2) is 22.5. The smallest absolute Gasteiger partial charge is 0.385 e. The van der Waals surface area contributed by atoms with Gasteiger partial charge >= 0.3 is 23.9 Å². The molecule has 28 heteroatoms. The minimum Gasteiger partial charge on any atom is -0.385 e. The molecule has 1 fully saturated rings. The predicted molar refractivity (Wildman–Crippen MR) is 206 cm³/mol. The van der Waals surface area contributed by atoms with Crippen LogP contribution in [0.15, 0.2) is 12.7 Å². The fourth-order valence-electron chi connectivity index (χ4n) is 5.19. The fourth-order valence-corrected chi connectivity index (χ4v) is 9.33. The van der Waals surface area contributed by atoms with Crippen LogP contribution in [0.4, 0.5) is 5.82 Å². The van der Waals surface area contributed by atoms with Gasteiger partial charge in [0.2, 0.25) is 16.9 Å². The highest BCUT2D eigenvalue weighted by Gasteiger charge is 2.51. The van der Waals surface area contributed by atoms with Crippen molar-refractivity contribution in [1.82, 2.24) is 30.2 Å². The molecule has 1 saturated heterocycles. The van der Waals surface area contributed by atoms with Gasteiger partial charge in [-0.05, 0) is 6.42 Å². The first kappa shape index (κ1) is 49.3. The van der Waals surface area contributed by atoms with Crippen LogP contribution in [0.1, 0.15) is 65.5 Å². The molecule has 9 N–H and O–H groups in total. The van der Waals surface area contributed by atoms with Crippen LogP contribution in [0.25, 0.3) is 11.2 Å². The van der Waals surface area contributed by atoms with Crippen LogP contribution in [0.2, 0.25) is 0 Å². The Morgan fingerprint density at radius 3 is 2.51 bits per heavy atom. The normalized spacial score (nSPS) is 22.0. The number of anilines is 1. The van der Waals surface area contributed by atoms with Gasteiger partial charge in [0, 0.05) is 35.2 Å². The summed E-state index contributed by atoms with van der Waals surface area (Å²) in [5.74, 6) is -1.02. The lowest BCUT2D eigenvalue weighted by molar-refractivity contribution is -0.137. The lowest BCUT2D eigenvalue weighted by Gasteiger charge is -2.30. The van der Waals surface area contributed by atoms with Crippen molar-refractivity contribution in [2.75, 3.05) is 37.8 Å². The molecule has 0 radical (unpaired) electrons. The molecule has 57 heavy (non-hydrogen) atoms. The van der Waals surface area contributed by atoms with Gasteiger partial charge in [-0.3, -0.25) is 28.0 Å². The number of nitrogens with two attached hydrogens (primary N) is 1. The molecular formula is C29H48BrN7O16P3S+. The number of thioether (sulfide) groups is 1. The second-order valence-corrected chi connectivity index (χ2v) is 19.2. The number of halogens is 1. The van der Waals surface area contributed by atoms with E-state index in [1.165, 1.54) is 24.7 Å². The van der Waals surface area contributed by atoms with E-state index in [-0.39, 0.29) is 46.4 Å². The summed E-state index contributed by atoms with van der Waals surface area (Å²) in [7, 11) is -14.3. The Hall–Kier alpha value is -2.05. The number of nitrogens with zero attached hydrogens (tertiary/aromatic N) is 4. The third kappa shape index (κ3) is 15.5. The van der Waals surface area contributed by atoms with E-state index < -0.39 is 85.0 Å². The Morgan fingerprint density at radius 2 is 1.82 bits per heavy atom. The standard InChI is InChI=1S/C29H47BrN7O16P3S/c1-4-5-6-7-8-17(30)28(42)57-12-11-32-19(38)9-10-33-26(41)23(40)29(2,3)14-50-56(47,48)53-55(45,46)49-13-18-22(52-54(43)44)21(39)27(51-18)37-16-36-20-24(31)34-15-35-25(20)37/h15-18,21-23,27,39-40H,4-14H2,1-3H3,(H6-,31,32,33,34,35,38,41,43,44,45,46,47,48)/p+1/t17?,18-,21-,22-,23?,27-/m1/s1. The number of amides is 2. The zero-order chi connectivity index (χ0) is 42.6. The third-order valence-corrected chi connectivity index (χ3v) is 13.4. The number of carbonyl (C=O) groups is 3. The van der Waals surface area contributed by atoms with Crippen molar-refractivity contribution in [3.63, 3.8) is 0 Å². The quantitative estimate of drug-likeness (QED) is 0.0400. The Bertz CT molecular complexity index is 1800. The predicted octanol–water partition coefficient (Wildman–Crippen LogP) is 1.96. The van der Waals surface area contributed by atoms with Crippen LogP contribution in [-0.2, 0) is 50.7 Å². The second-order valence-electron chi connectivity index (χ2n) is 13.3. The molecule has 5 unspecified atom stereocenters. The first-order valence-corrected chi connectivity index (χ1v) is 23.5. The summed E-state index contributed by atoms with van der Waals surface area (Å²) in [6.07, 6.45) is -1.10. The number of phosphoric ester groups is 2. The van der Waals surface area contributed by atoms with Gasteiger partial charge in [0.15, 0.2) is 23.8 Å². The number of rotatable bonds is 25. The highest BCUT2D eigenvalue weighted by atomic mass is 79.9. The van der Waals surface area contributed by atoms with E-state index in [0.29, 0.717) is 5.75 Å². The summed E-state index contributed by atoms with van der Waals surface area (Å²) in [5.41, 5.74) is 4.42. The number of phosphoric acid groups is 2. The summed E-state index contributed by atoms with van der Waals surface area (Å²) in [4.78, 5) is 78.3. The number of ether oxygens (including phenoxy) is 1. The average molecular weight is 956 g/mol. The molecule has 0 bridgehead atoms. The zero-order valence-corrected chi connectivity index (χ0v) is 36.2. The number of aliphatic hydroxyl groups excluding tert-OH is 2. The van der Waals surface area contributed by atoms with E-state index in [0.717, 1.165) is 50.2 Å². The molecule has 23 nitrogen and oxygen atoms in total. The third-order valence-electron chi connectivity index (χ3n) is 8.27. The van der Waals surface area contributed by atoms with E-state index >= 15 is 0 Å². The number of unbranched alkanes of at least 4 members (excludes halogenated alkanes) is 3. The van der Waals surface area contributed by atoms with E-state index in [1.807, 2.05) is 0 Å². The minimum atomic E-state index is -5.49. The van der Waals surface area contributed by atoms with Gasteiger partial charge in [0.05, 0.1) is 24.4 Å². The molecule has 322 valence electrons. The van der Waals surface area contributed by atoms with E-state index in [9.17, 15) is 53.0 Å². The van der Waals surface area contributed by atoms with Gasteiger partial charge in [-0.2, -0.15) is 4.31 Å². The van der Waals surface area contributed by atoms with Crippen LogP contribution in [0.5, 0.6) is 0 Å². The summed E-state index contributed by atoms with van der Waals surface area (Å²) >= 11 is 4.50. The molecule has 0 aromatic carbocycles. The molecule has 2 amide bonds. The van der Waals surface area contributed by atoms with Gasteiger partial charge < -0.3 is 41.1 Å². The molecule has 9 atom stereocenters. The Labute approximate surface area is 340 Å². The van der Waals surface area contributed by atoms with Crippen LogP contribution in [0, 0.1) is 5.41 Å². The van der Waals surface area contributed by atoms with Crippen molar-refractivity contribution >= 4 is 85.5 Å². The van der Waals surface area contributed by atoms with Crippen molar-refractivity contribution in [2.24, 2.45) is 5.41 Å². The average Bonchev–Trinajstić information content (AvgIpc) is 3.70. The van der Waals surface area contributed by atoms with E-state index in [4.69, 9.17) is 24.0 Å². The molecule has 1 aliphatic heterocycles. The minimum absolute atomic E-state index is 0.00164. The first-order valence-electron chi connectivity index (χ1n) is 17.5. The SMILES string of the molecule is CCCCCCC(Br)C(=O)SCCNC(=O)CCNC(=O)C(O)C(C)(C)COP(=O)(O)OP(=O)(O)OC[C@H]1O[C@@H](n2cnc3c(N)ncnc32)[C@H](O)[C@@H]1O[P+](=O)O. The van der Waals surface area contributed by atoms with Crippen molar-refractivity contribution in [2.45, 2.75) is 94.8 Å². The topological polar surface area (TPSA) is 343 Å². The maximum atomic E-state index is 12.7. The Balaban J connectivity index is 1.43. The molecule has 3 heterocycles. The van der Waals surface area contributed by atoms with Crippen LogP contribution >= 0.6 is 51.6 Å². The maximum Gasteiger partial charge on any atom is 0.695 e. The molecule has 0 saturated carbocycles. The van der Waals surface area contributed by atoms with E-state index in [1.54, 1.807) is 0 Å². The summed E-state index contributed by atoms with van der Waals surface area (Å²) in [5, 5.41) is 26.4. The number of hydrogen-bond donors (Lipinski definition) is 8. The van der Waals surface area contributed by atoms with Gasteiger partial charge in [0.25, 0.3) is 0 Å². The highest BCUT2D eigenvalue weighted by Crippen LogP contribution is 2.61. The lowest BCUT2D eigenvalue weighted by atomic mass is 9.87. The molecule has 3 rings (SSSR count). The van der Waals surface area contributed by atoms with Crippen LogP contribution in [-0.4, -0.2) is 123 Å². The molecule has 2 aromatic rings. The number of nitrogen functional groups attached to an aromatic ring is 1. The number of aromatic nitrogens is 4. The number of nitrogens with one attached hydrogen (secondary N) is 2. The molecule has 0 aliphatic carbocycles. The highest BCUT2D eigenvalue weighted by molar-refractivity contribution is 9.10. The maximum absolute atomic E-state index is 12.7. The van der Waals surface area contributed by atoms with Gasteiger partial charge in [0.1, 0.15) is 30.2 Å². The molecular weight excluding hydrogens is 907 g/mol. The van der Waals surface area contributed by atoms with Crippen molar-refractivity contribution in [1.29, 1.82) is 0 Å². The number of hydrogen-bond acceptors (Lipinski definition) is 18. The van der Waals surface area contributed by atoms with Gasteiger partial charge in [-0.25, -0.2) is 24.1 Å². The zero-order valence-electron chi connectivity index (χ0n) is 31.1.